The van der Waals surface area contributed by atoms with Gasteiger partial charge < -0.3 is 15.3 Å². The number of aliphatic hydroxyl groups is 1. The van der Waals surface area contributed by atoms with Gasteiger partial charge in [-0.05, 0) is 18.6 Å². The number of hydrogen-bond donors (Lipinski definition) is 2. The Morgan fingerprint density at radius 2 is 2.16 bits per heavy atom. The summed E-state index contributed by atoms with van der Waals surface area (Å²) in [6, 6.07) is 4.42. The van der Waals surface area contributed by atoms with Gasteiger partial charge in [-0.15, -0.1) is 0 Å². The van der Waals surface area contributed by atoms with E-state index in [4.69, 9.17) is 5.11 Å². The fourth-order valence-electron chi connectivity index (χ4n) is 1.91. The minimum Gasteiger partial charge on any atom is -0.395 e. The number of nitrogens with one attached hydrogen (secondary N) is 1. The summed E-state index contributed by atoms with van der Waals surface area (Å²) in [5.74, 6) is -0.709. The summed E-state index contributed by atoms with van der Waals surface area (Å²) in [5, 5.41) is 11.7. The molecule has 0 aliphatic carbocycles. The van der Waals surface area contributed by atoms with Crippen LogP contribution in [0.4, 0.5) is 10.1 Å². The Morgan fingerprint density at radius 3 is 2.74 bits per heavy atom. The zero-order valence-corrected chi connectivity index (χ0v) is 11.4. The van der Waals surface area contributed by atoms with Gasteiger partial charge in [-0.1, -0.05) is 19.4 Å². The molecule has 1 amide bonds. The van der Waals surface area contributed by atoms with Gasteiger partial charge in [0, 0.05) is 20.1 Å². The molecule has 5 heteroatoms. The molecule has 0 radical (unpaired) electrons. The third kappa shape index (κ3) is 3.92. The molecule has 0 atom stereocenters. The molecule has 0 aromatic heterocycles. The van der Waals surface area contributed by atoms with Crippen molar-refractivity contribution >= 4 is 11.6 Å². The van der Waals surface area contributed by atoms with Crippen molar-refractivity contribution in [1.29, 1.82) is 0 Å². The summed E-state index contributed by atoms with van der Waals surface area (Å²) in [5.41, 5.74) is 0.499. The number of carbonyl (C=O) groups excluding carboxylic acids is 1. The molecule has 0 fully saturated rings. The number of para-hydroxylation sites is 1. The molecule has 19 heavy (non-hydrogen) atoms. The number of hydrogen-bond acceptors (Lipinski definition) is 3. The van der Waals surface area contributed by atoms with E-state index in [0.29, 0.717) is 12.1 Å². The van der Waals surface area contributed by atoms with Gasteiger partial charge in [-0.2, -0.15) is 0 Å². The summed E-state index contributed by atoms with van der Waals surface area (Å²) in [6.45, 7) is 2.76. The summed E-state index contributed by atoms with van der Waals surface area (Å²) in [7, 11) is 1.58. The topological polar surface area (TPSA) is 52.6 Å². The van der Waals surface area contributed by atoms with Crippen LogP contribution in [0.5, 0.6) is 0 Å². The Kier molecular flexibility index (Phi) is 6.29. The van der Waals surface area contributed by atoms with E-state index in [1.165, 1.54) is 12.1 Å². The summed E-state index contributed by atoms with van der Waals surface area (Å²) in [4.78, 5) is 13.9. The molecule has 1 aromatic rings. The second-order valence-corrected chi connectivity index (χ2v) is 4.28. The van der Waals surface area contributed by atoms with E-state index in [1.54, 1.807) is 18.0 Å². The normalized spacial score (nSPS) is 10.3. The van der Waals surface area contributed by atoms with E-state index in [9.17, 15) is 9.18 Å². The summed E-state index contributed by atoms with van der Waals surface area (Å²) >= 11 is 0. The number of aliphatic hydroxyl groups excluding tert-OH is 1. The average Bonchev–Trinajstić information content (AvgIpc) is 2.42. The van der Waals surface area contributed by atoms with Crippen LogP contribution in [-0.2, 0) is 0 Å². The third-order valence-electron chi connectivity index (χ3n) is 2.93. The van der Waals surface area contributed by atoms with Crippen molar-refractivity contribution in [1.82, 2.24) is 4.90 Å². The lowest BCUT2D eigenvalue weighted by Crippen LogP contribution is -2.35. The van der Waals surface area contributed by atoms with Crippen molar-refractivity contribution in [3.05, 3.63) is 29.6 Å². The molecule has 106 valence electrons. The van der Waals surface area contributed by atoms with Crippen molar-refractivity contribution in [3.8, 4) is 0 Å². The fourth-order valence-corrected chi connectivity index (χ4v) is 1.91. The molecule has 0 spiro atoms. The van der Waals surface area contributed by atoms with E-state index >= 15 is 0 Å². The molecule has 0 saturated carbocycles. The first kappa shape index (κ1) is 15.4. The summed E-state index contributed by atoms with van der Waals surface area (Å²) in [6.07, 6.45) is 1.81. The zero-order valence-electron chi connectivity index (χ0n) is 11.4. The predicted molar refractivity (Wildman–Crippen MR) is 73.8 cm³/mol. The Balaban J connectivity index is 2.98. The van der Waals surface area contributed by atoms with Gasteiger partial charge in [-0.25, -0.2) is 4.39 Å². The number of benzene rings is 1. The number of unbranched alkanes of at least 4 members (excludes halogenated alkanes) is 1. The average molecular weight is 268 g/mol. The lowest BCUT2D eigenvalue weighted by atomic mass is 10.1. The zero-order chi connectivity index (χ0) is 14.3. The summed E-state index contributed by atoms with van der Waals surface area (Å²) < 4.78 is 13.6. The van der Waals surface area contributed by atoms with Crippen LogP contribution in [0, 0.1) is 5.82 Å². The third-order valence-corrected chi connectivity index (χ3v) is 2.93. The van der Waals surface area contributed by atoms with Gasteiger partial charge in [0.2, 0.25) is 0 Å². The number of nitrogens with zero attached hydrogens (tertiary/aromatic N) is 1. The minimum atomic E-state index is -0.451. The lowest BCUT2D eigenvalue weighted by Gasteiger charge is -2.23. The molecule has 4 nitrogen and oxygen atoms in total. The van der Waals surface area contributed by atoms with Crippen LogP contribution < -0.4 is 5.32 Å². The maximum Gasteiger partial charge on any atom is 0.256 e. The lowest BCUT2D eigenvalue weighted by molar-refractivity contribution is 0.0720. The Morgan fingerprint density at radius 1 is 1.42 bits per heavy atom. The minimum absolute atomic E-state index is 0.0976. The predicted octanol–water partition coefficient (Wildman–Crippen LogP) is 2.10. The Hall–Kier alpha value is -1.62. The standard InChI is InChI=1S/C14H21FN2O2/c1-3-4-8-17(9-10-18)14(19)11-6-5-7-12(15)13(11)16-2/h5-7,16,18H,3-4,8-10H2,1-2H3. The first-order valence-electron chi connectivity index (χ1n) is 6.52. The van der Waals surface area contributed by atoms with Gasteiger partial charge in [0.25, 0.3) is 5.91 Å². The van der Waals surface area contributed by atoms with E-state index in [0.717, 1.165) is 12.8 Å². The first-order valence-corrected chi connectivity index (χ1v) is 6.52. The van der Waals surface area contributed by atoms with Crippen LogP contribution in [0.2, 0.25) is 0 Å². The van der Waals surface area contributed by atoms with Gasteiger partial charge >= 0.3 is 0 Å². The van der Waals surface area contributed by atoms with E-state index in [2.05, 4.69) is 5.32 Å². The number of rotatable bonds is 7. The van der Waals surface area contributed by atoms with Crippen molar-refractivity contribution < 1.29 is 14.3 Å². The molecule has 0 unspecified atom stereocenters. The largest absolute Gasteiger partial charge is 0.395 e. The number of halogens is 1. The molecule has 2 N–H and O–H groups in total. The monoisotopic (exact) mass is 268 g/mol. The van der Waals surface area contributed by atoms with Crippen LogP contribution in [0.3, 0.4) is 0 Å². The van der Waals surface area contributed by atoms with E-state index in [-0.39, 0.29) is 24.7 Å². The highest BCUT2D eigenvalue weighted by molar-refractivity contribution is 5.99. The van der Waals surface area contributed by atoms with Gasteiger partial charge in [0.1, 0.15) is 5.82 Å². The molecule has 0 heterocycles. The SMILES string of the molecule is CCCCN(CCO)C(=O)c1cccc(F)c1NC. The van der Waals surface area contributed by atoms with E-state index < -0.39 is 5.82 Å². The second kappa shape index (κ2) is 7.74. The van der Waals surface area contributed by atoms with Crippen molar-refractivity contribution in [2.24, 2.45) is 0 Å². The molecule has 0 aliphatic rings. The number of anilines is 1. The Bertz CT molecular complexity index is 424. The van der Waals surface area contributed by atoms with Crippen LogP contribution in [0.15, 0.2) is 18.2 Å². The molecule has 0 aliphatic heterocycles. The van der Waals surface area contributed by atoms with Gasteiger partial charge in [0.05, 0.1) is 17.9 Å². The maximum absolute atomic E-state index is 13.6. The smallest absolute Gasteiger partial charge is 0.256 e. The number of carbonyl (C=O) groups is 1. The van der Waals surface area contributed by atoms with Crippen LogP contribution in [-0.4, -0.2) is 42.7 Å². The second-order valence-electron chi connectivity index (χ2n) is 4.28. The van der Waals surface area contributed by atoms with Gasteiger partial charge in [0.15, 0.2) is 0 Å². The molecule has 0 bridgehead atoms. The van der Waals surface area contributed by atoms with Crippen LogP contribution in [0.1, 0.15) is 30.1 Å². The maximum atomic E-state index is 13.6. The van der Waals surface area contributed by atoms with Crippen LogP contribution in [0.25, 0.3) is 0 Å². The van der Waals surface area contributed by atoms with Crippen molar-refractivity contribution in [2.45, 2.75) is 19.8 Å². The highest BCUT2D eigenvalue weighted by atomic mass is 19.1. The van der Waals surface area contributed by atoms with Gasteiger partial charge in [-0.3, -0.25) is 4.79 Å². The molecule has 1 aromatic carbocycles. The Labute approximate surface area is 113 Å². The highest BCUT2D eigenvalue weighted by Crippen LogP contribution is 2.21. The molecule has 1 rings (SSSR count). The fraction of sp³-hybridized carbons (Fsp3) is 0.500. The first-order chi connectivity index (χ1) is 9.15. The molecular formula is C14H21FN2O2. The van der Waals surface area contributed by atoms with Crippen LogP contribution >= 0.6 is 0 Å². The highest BCUT2D eigenvalue weighted by Gasteiger charge is 2.19. The number of amides is 1. The van der Waals surface area contributed by atoms with E-state index in [1.807, 2.05) is 6.92 Å². The molecule has 0 saturated heterocycles. The quantitative estimate of drug-likeness (QED) is 0.796. The van der Waals surface area contributed by atoms with Crippen molar-refractivity contribution in [2.75, 3.05) is 32.1 Å². The molecular weight excluding hydrogens is 247 g/mol. The van der Waals surface area contributed by atoms with Crippen molar-refractivity contribution in [3.63, 3.8) is 0 Å².